The number of ether oxygens (including phenoxy) is 1. The Labute approximate surface area is 105 Å². The monoisotopic (exact) mass is 248 g/mol. The highest BCUT2D eigenvalue weighted by Gasteiger charge is 2.24. The van der Waals surface area contributed by atoms with Gasteiger partial charge in [-0.05, 0) is 17.7 Å². The van der Waals surface area contributed by atoms with E-state index in [1.54, 1.807) is 12.1 Å². The quantitative estimate of drug-likeness (QED) is 0.780. The molecule has 2 aromatic rings. The van der Waals surface area contributed by atoms with E-state index in [9.17, 15) is 8.78 Å². The van der Waals surface area contributed by atoms with E-state index >= 15 is 0 Å². The average Bonchev–Trinajstić information content (AvgIpc) is 2.37. The lowest BCUT2D eigenvalue weighted by molar-refractivity contribution is 0.0172. The minimum atomic E-state index is -2.84. The largest absolute Gasteiger partial charge is 0.489 e. The molecule has 0 spiro atoms. The maximum Gasteiger partial charge on any atom is 0.270 e. The van der Waals surface area contributed by atoms with Gasteiger partial charge >= 0.3 is 0 Å². The topological polar surface area (TPSA) is 9.23 Å². The zero-order valence-corrected chi connectivity index (χ0v) is 10.1. The van der Waals surface area contributed by atoms with Gasteiger partial charge in [-0.1, -0.05) is 42.5 Å². The van der Waals surface area contributed by atoms with Crippen LogP contribution >= 0.6 is 0 Å². The Bertz CT molecular complexity index is 503. The van der Waals surface area contributed by atoms with Crippen LogP contribution in [0.25, 0.3) is 0 Å². The van der Waals surface area contributed by atoms with Crippen LogP contribution in [0.4, 0.5) is 8.78 Å². The predicted octanol–water partition coefficient (Wildman–Crippen LogP) is 4.38. The number of hydrogen-bond acceptors (Lipinski definition) is 1. The maximum absolute atomic E-state index is 13.1. The van der Waals surface area contributed by atoms with Gasteiger partial charge < -0.3 is 4.74 Å². The summed E-state index contributed by atoms with van der Waals surface area (Å²) in [5.41, 5.74) is 0.972. The SMILES string of the molecule is CC(F)(F)c1cccc(OCc2ccccc2)c1. The molecule has 3 heteroatoms. The second kappa shape index (κ2) is 5.17. The van der Waals surface area contributed by atoms with Gasteiger partial charge in [-0.2, -0.15) is 0 Å². The van der Waals surface area contributed by atoms with Crippen LogP contribution in [-0.4, -0.2) is 0 Å². The van der Waals surface area contributed by atoms with Crippen molar-refractivity contribution in [2.75, 3.05) is 0 Å². The molecule has 0 saturated carbocycles. The summed E-state index contributed by atoms with van der Waals surface area (Å²) in [6.07, 6.45) is 0. The summed E-state index contributed by atoms with van der Waals surface area (Å²) in [7, 11) is 0. The van der Waals surface area contributed by atoms with Crippen molar-refractivity contribution in [2.45, 2.75) is 19.5 Å². The van der Waals surface area contributed by atoms with Crippen LogP contribution in [0.2, 0.25) is 0 Å². The standard InChI is InChI=1S/C15H14F2O/c1-15(16,17)13-8-5-9-14(10-13)18-11-12-6-3-2-4-7-12/h2-10H,11H2,1H3. The molecule has 0 N–H and O–H groups in total. The molecule has 0 bridgehead atoms. The van der Waals surface area contributed by atoms with Crippen molar-refractivity contribution in [1.82, 2.24) is 0 Å². The van der Waals surface area contributed by atoms with Gasteiger partial charge in [0.05, 0.1) is 0 Å². The van der Waals surface area contributed by atoms with E-state index in [1.165, 1.54) is 12.1 Å². The van der Waals surface area contributed by atoms with Crippen LogP contribution in [0.1, 0.15) is 18.1 Å². The lowest BCUT2D eigenvalue weighted by Crippen LogP contribution is -2.07. The van der Waals surface area contributed by atoms with Crippen molar-refractivity contribution in [3.63, 3.8) is 0 Å². The Hall–Kier alpha value is -1.90. The summed E-state index contributed by atoms with van der Waals surface area (Å²) < 4.78 is 31.8. The van der Waals surface area contributed by atoms with Gasteiger partial charge in [-0.3, -0.25) is 0 Å². The van der Waals surface area contributed by atoms with Crippen molar-refractivity contribution >= 4 is 0 Å². The third-order valence-electron chi connectivity index (χ3n) is 2.59. The van der Waals surface area contributed by atoms with E-state index in [2.05, 4.69) is 0 Å². The first-order valence-corrected chi connectivity index (χ1v) is 5.71. The predicted molar refractivity (Wildman–Crippen MR) is 66.8 cm³/mol. The Morgan fingerprint density at radius 2 is 1.72 bits per heavy atom. The molecular formula is C15H14F2O. The molecule has 0 fully saturated rings. The van der Waals surface area contributed by atoms with E-state index in [0.29, 0.717) is 12.4 Å². The fraction of sp³-hybridized carbons (Fsp3) is 0.200. The Morgan fingerprint density at radius 3 is 2.39 bits per heavy atom. The van der Waals surface area contributed by atoms with Gasteiger partial charge in [0.2, 0.25) is 0 Å². The van der Waals surface area contributed by atoms with Crippen LogP contribution in [0.15, 0.2) is 54.6 Å². The van der Waals surface area contributed by atoms with E-state index in [4.69, 9.17) is 4.74 Å². The molecule has 2 rings (SSSR count). The van der Waals surface area contributed by atoms with Gasteiger partial charge in [0.15, 0.2) is 0 Å². The number of alkyl halides is 2. The molecule has 1 nitrogen and oxygen atoms in total. The molecule has 0 saturated heterocycles. The van der Waals surface area contributed by atoms with Gasteiger partial charge in [0.25, 0.3) is 5.92 Å². The number of benzene rings is 2. The first kappa shape index (κ1) is 12.6. The summed E-state index contributed by atoms with van der Waals surface area (Å²) in [4.78, 5) is 0. The summed E-state index contributed by atoms with van der Waals surface area (Å²) >= 11 is 0. The normalized spacial score (nSPS) is 11.3. The van der Waals surface area contributed by atoms with E-state index < -0.39 is 5.92 Å². The average molecular weight is 248 g/mol. The molecule has 2 aromatic carbocycles. The highest BCUT2D eigenvalue weighted by Crippen LogP contribution is 2.29. The second-order valence-electron chi connectivity index (χ2n) is 4.19. The number of hydrogen-bond donors (Lipinski definition) is 0. The van der Waals surface area contributed by atoms with Crippen LogP contribution < -0.4 is 4.74 Å². The molecule has 0 aliphatic carbocycles. The molecule has 0 radical (unpaired) electrons. The number of halogens is 2. The third-order valence-corrected chi connectivity index (χ3v) is 2.59. The van der Waals surface area contributed by atoms with Crippen molar-refractivity contribution in [1.29, 1.82) is 0 Å². The van der Waals surface area contributed by atoms with Crippen molar-refractivity contribution in [3.8, 4) is 5.75 Å². The summed E-state index contributed by atoms with van der Waals surface area (Å²) in [6.45, 7) is 1.25. The molecule has 0 heterocycles. The molecule has 0 amide bonds. The molecule has 0 aliphatic rings. The van der Waals surface area contributed by atoms with Crippen LogP contribution in [0, 0.1) is 0 Å². The Morgan fingerprint density at radius 1 is 1.00 bits per heavy atom. The van der Waals surface area contributed by atoms with Crippen molar-refractivity contribution < 1.29 is 13.5 Å². The molecule has 0 aliphatic heterocycles. The van der Waals surface area contributed by atoms with Gasteiger partial charge in [-0.15, -0.1) is 0 Å². The smallest absolute Gasteiger partial charge is 0.270 e. The van der Waals surface area contributed by atoms with Gasteiger partial charge in [0, 0.05) is 12.5 Å². The molecular weight excluding hydrogens is 234 g/mol. The van der Waals surface area contributed by atoms with Crippen molar-refractivity contribution in [2.24, 2.45) is 0 Å². The molecule has 18 heavy (non-hydrogen) atoms. The number of rotatable bonds is 4. The van der Waals surface area contributed by atoms with E-state index in [0.717, 1.165) is 12.5 Å². The highest BCUT2D eigenvalue weighted by atomic mass is 19.3. The first-order chi connectivity index (χ1) is 8.55. The minimum absolute atomic E-state index is 0.0342. The lowest BCUT2D eigenvalue weighted by atomic mass is 10.1. The van der Waals surface area contributed by atoms with E-state index in [1.807, 2.05) is 30.3 Å². The maximum atomic E-state index is 13.1. The Balaban J connectivity index is 2.06. The summed E-state index contributed by atoms with van der Waals surface area (Å²) in [5, 5.41) is 0. The fourth-order valence-corrected chi connectivity index (χ4v) is 1.60. The van der Waals surface area contributed by atoms with Crippen LogP contribution in [0.3, 0.4) is 0 Å². The third kappa shape index (κ3) is 3.29. The van der Waals surface area contributed by atoms with E-state index in [-0.39, 0.29) is 5.56 Å². The van der Waals surface area contributed by atoms with Crippen LogP contribution in [-0.2, 0) is 12.5 Å². The molecule has 94 valence electrons. The fourth-order valence-electron chi connectivity index (χ4n) is 1.60. The van der Waals surface area contributed by atoms with Gasteiger partial charge in [0.1, 0.15) is 12.4 Å². The molecule has 0 aromatic heterocycles. The zero-order valence-electron chi connectivity index (χ0n) is 10.1. The Kier molecular flexibility index (Phi) is 3.60. The first-order valence-electron chi connectivity index (χ1n) is 5.71. The van der Waals surface area contributed by atoms with Crippen molar-refractivity contribution in [3.05, 3.63) is 65.7 Å². The molecule has 0 unspecified atom stereocenters. The molecule has 0 atom stereocenters. The lowest BCUT2D eigenvalue weighted by Gasteiger charge is -2.12. The second-order valence-corrected chi connectivity index (χ2v) is 4.19. The zero-order chi connectivity index (χ0) is 13.0. The van der Waals surface area contributed by atoms with Gasteiger partial charge in [-0.25, -0.2) is 8.78 Å². The minimum Gasteiger partial charge on any atom is -0.489 e. The van der Waals surface area contributed by atoms with Crippen LogP contribution in [0.5, 0.6) is 5.75 Å². The summed E-state index contributed by atoms with van der Waals surface area (Å²) in [6, 6.07) is 15.6. The highest BCUT2D eigenvalue weighted by molar-refractivity contribution is 5.31. The summed E-state index contributed by atoms with van der Waals surface area (Å²) in [5.74, 6) is -2.38.